The number of aryl methyl sites for hydroxylation is 1. The van der Waals surface area contributed by atoms with Crippen molar-refractivity contribution in [1.29, 1.82) is 0 Å². The van der Waals surface area contributed by atoms with Crippen LogP contribution in [-0.2, 0) is 9.59 Å². The first-order chi connectivity index (χ1) is 12.1. The van der Waals surface area contributed by atoms with Crippen LogP contribution >= 0.6 is 12.4 Å². The molecule has 0 saturated carbocycles. The normalized spacial score (nSPS) is 22.7. The molecule has 3 rings (SSSR count). The Labute approximate surface area is 161 Å². The Bertz CT molecular complexity index is 647. The van der Waals surface area contributed by atoms with Gasteiger partial charge in [-0.05, 0) is 56.5 Å². The number of benzene rings is 1. The zero-order chi connectivity index (χ0) is 17.8. The Hall–Kier alpha value is -1.79. The third-order valence-electron chi connectivity index (χ3n) is 5.08. The van der Waals surface area contributed by atoms with Gasteiger partial charge in [-0.2, -0.15) is 0 Å². The molecule has 0 aliphatic carbocycles. The summed E-state index contributed by atoms with van der Waals surface area (Å²) in [5.74, 6) is 0.807. The van der Waals surface area contributed by atoms with Gasteiger partial charge in [-0.1, -0.05) is 6.07 Å². The zero-order valence-electron chi connectivity index (χ0n) is 15.4. The average Bonchev–Trinajstić information content (AvgIpc) is 3.02. The number of hydrogen-bond donors (Lipinski definition) is 2. The third kappa shape index (κ3) is 4.68. The Morgan fingerprint density at radius 2 is 2.23 bits per heavy atom. The fourth-order valence-electron chi connectivity index (χ4n) is 3.61. The molecular weight excluding hydrogens is 354 g/mol. The number of methoxy groups -OCH3 is 1. The molecule has 144 valence electrons. The number of piperidine rings is 1. The third-order valence-corrected chi connectivity index (χ3v) is 5.08. The maximum Gasteiger partial charge on any atom is 0.227 e. The predicted octanol–water partition coefficient (Wildman–Crippen LogP) is 1.89. The summed E-state index contributed by atoms with van der Waals surface area (Å²) >= 11 is 0. The molecule has 2 atom stereocenters. The van der Waals surface area contributed by atoms with Gasteiger partial charge in [0.05, 0.1) is 18.7 Å². The van der Waals surface area contributed by atoms with Crippen LogP contribution in [0.4, 0.5) is 5.69 Å². The molecule has 0 radical (unpaired) electrons. The molecule has 7 heteroatoms. The SMILES string of the molecule is COc1ccc(C)cc1N1CC(C(=O)NCC2CCCNC2)CC1=O.Cl. The van der Waals surface area contributed by atoms with Crippen molar-refractivity contribution in [1.82, 2.24) is 10.6 Å². The fourth-order valence-corrected chi connectivity index (χ4v) is 3.61. The summed E-state index contributed by atoms with van der Waals surface area (Å²) in [6.07, 6.45) is 2.55. The number of hydrogen-bond acceptors (Lipinski definition) is 4. The summed E-state index contributed by atoms with van der Waals surface area (Å²) in [6, 6.07) is 5.75. The van der Waals surface area contributed by atoms with Crippen molar-refractivity contribution in [3.8, 4) is 5.75 Å². The fraction of sp³-hybridized carbons (Fsp3) is 0.579. The molecule has 2 N–H and O–H groups in total. The van der Waals surface area contributed by atoms with Gasteiger partial charge in [-0.25, -0.2) is 0 Å². The highest BCUT2D eigenvalue weighted by Crippen LogP contribution is 2.33. The highest BCUT2D eigenvalue weighted by atomic mass is 35.5. The zero-order valence-corrected chi connectivity index (χ0v) is 16.2. The standard InChI is InChI=1S/C19H27N3O3.ClH/c1-13-5-6-17(25-2)16(8-13)22-12-15(9-18(22)23)19(24)21-11-14-4-3-7-20-10-14;/h5-6,8,14-15,20H,3-4,7,9-12H2,1-2H3,(H,21,24);1H. The topological polar surface area (TPSA) is 70.7 Å². The minimum atomic E-state index is -0.297. The molecule has 2 aliphatic heterocycles. The van der Waals surface area contributed by atoms with Crippen molar-refractivity contribution >= 4 is 29.9 Å². The molecule has 2 amide bonds. The average molecular weight is 382 g/mol. The summed E-state index contributed by atoms with van der Waals surface area (Å²) in [5.41, 5.74) is 1.81. The van der Waals surface area contributed by atoms with E-state index < -0.39 is 0 Å². The van der Waals surface area contributed by atoms with Crippen LogP contribution in [0.1, 0.15) is 24.8 Å². The van der Waals surface area contributed by atoms with Gasteiger partial charge in [0.2, 0.25) is 11.8 Å². The van der Waals surface area contributed by atoms with Crippen LogP contribution in [-0.4, -0.2) is 45.1 Å². The number of halogens is 1. The van der Waals surface area contributed by atoms with Crippen molar-refractivity contribution in [2.75, 3.05) is 38.2 Å². The van der Waals surface area contributed by atoms with E-state index in [-0.39, 0.29) is 36.6 Å². The number of carbonyl (C=O) groups excluding carboxylic acids is 2. The number of anilines is 1. The highest BCUT2D eigenvalue weighted by molar-refractivity contribution is 6.01. The molecule has 0 bridgehead atoms. The molecule has 0 spiro atoms. The van der Waals surface area contributed by atoms with Crippen LogP contribution in [0.25, 0.3) is 0 Å². The number of nitrogens with one attached hydrogen (secondary N) is 2. The molecule has 1 aromatic carbocycles. The summed E-state index contributed by atoms with van der Waals surface area (Å²) in [4.78, 5) is 26.6. The van der Waals surface area contributed by atoms with Gasteiger partial charge in [0.25, 0.3) is 0 Å². The minimum Gasteiger partial charge on any atom is -0.495 e. The predicted molar refractivity (Wildman–Crippen MR) is 104 cm³/mol. The van der Waals surface area contributed by atoms with Gasteiger partial charge in [0.1, 0.15) is 5.75 Å². The van der Waals surface area contributed by atoms with Crippen molar-refractivity contribution in [3.05, 3.63) is 23.8 Å². The van der Waals surface area contributed by atoms with Gasteiger partial charge >= 0.3 is 0 Å². The molecular formula is C19H28ClN3O3. The van der Waals surface area contributed by atoms with Gasteiger partial charge in [0, 0.05) is 19.5 Å². The highest BCUT2D eigenvalue weighted by Gasteiger charge is 2.36. The first-order valence-corrected chi connectivity index (χ1v) is 9.02. The molecule has 2 fully saturated rings. The Balaban J connectivity index is 0.00000243. The largest absolute Gasteiger partial charge is 0.495 e. The van der Waals surface area contributed by atoms with E-state index in [1.54, 1.807) is 12.0 Å². The number of rotatable bonds is 5. The van der Waals surface area contributed by atoms with Crippen LogP contribution in [0.5, 0.6) is 5.75 Å². The smallest absolute Gasteiger partial charge is 0.227 e. The lowest BCUT2D eigenvalue weighted by Gasteiger charge is -2.23. The molecule has 2 unspecified atom stereocenters. The summed E-state index contributed by atoms with van der Waals surface area (Å²) < 4.78 is 5.38. The number of ether oxygens (including phenoxy) is 1. The van der Waals surface area contributed by atoms with E-state index in [2.05, 4.69) is 10.6 Å². The van der Waals surface area contributed by atoms with E-state index in [4.69, 9.17) is 4.74 Å². The lowest BCUT2D eigenvalue weighted by Crippen LogP contribution is -2.40. The van der Waals surface area contributed by atoms with Crippen molar-refractivity contribution in [2.45, 2.75) is 26.2 Å². The van der Waals surface area contributed by atoms with Crippen molar-refractivity contribution < 1.29 is 14.3 Å². The summed E-state index contributed by atoms with van der Waals surface area (Å²) in [6.45, 7) is 5.09. The summed E-state index contributed by atoms with van der Waals surface area (Å²) in [5, 5.41) is 6.39. The Kier molecular flexibility index (Phi) is 7.29. The number of amides is 2. The molecule has 2 saturated heterocycles. The second kappa shape index (κ2) is 9.24. The van der Waals surface area contributed by atoms with Crippen molar-refractivity contribution in [3.63, 3.8) is 0 Å². The van der Waals surface area contributed by atoms with E-state index in [1.807, 2.05) is 25.1 Å². The summed E-state index contributed by atoms with van der Waals surface area (Å²) in [7, 11) is 1.59. The number of nitrogens with zero attached hydrogens (tertiary/aromatic N) is 1. The molecule has 26 heavy (non-hydrogen) atoms. The first-order valence-electron chi connectivity index (χ1n) is 9.02. The maximum absolute atomic E-state index is 12.5. The van der Waals surface area contributed by atoms with E-state index in [0.29, 0.717) is 24.8 Å². The molecule has 6 nitrogen and oxygen atoms in total. The van der Waals surface area contributed by atoms with Crippen molar-refractivity contribution in [2.24, 2.45) is 11.8 Å². The van der Waals surface area contributed by atoms with Gasteiger partial charge < -0.3 is 20.3 Å². The van der Waals surface area contributed by atoms with E-state index in [0.717, 1.165) is 37.2 Å². The minimum absolute atomic E-state index is 0. The second-order valence-electron chi connectivity index (χ2n) is 7.04. The van der Waals surface area contributed by atoms with E-state index >= 15 is 0 Å². The first kappa shape index (κ1) is 20.5. The van der Waals surface area contributed by atoms with Gasteiger partial charge in [0.15, 0.2) is 0 Å². The van der Waals surface area contributed by atoms with Gasteiger partial charge in [-0.3, -0.25) is 9.59 Å². The van der Waals surface area contributed by atoms with Crippen LogP contribution in [0.2, 0.25) is 0 Å². The maximum atomic E-state index is 12.5. The Morgan fingerprint density at radius 1 is 1.42 bits per heavy atom. The van der Waals surface area contributed by atoms with Crippen LogP contribution in [0, 0.1) is 18.8 Å². The monoisotopic (exact) mass is 381 g/mol. The molecule has 2 heterocycles. The van der Waals surface area contributed by atoms with Gasteiger partial charge in [-0.15, -0.1) is 12.4 Å². The van der Waals surface area contributed by atoms with E-state index in [1.165, 1.54) is 0 Å². The second-order valence-corrected chi connectivity index (χ2v) is 7.04. The van der Waals surface area contributed by atoms with Crippen LogP contribution in [0.15, 0.2) is 18.2 Å². The number of carbonyl (C=O) groups is 2. The lowest BCUT2D eigenvalue weighted by atomic mass is 9.99. The molecule has 1 aromatic rings. The van der Waals surface area contributed by atoms with Crippen LogP contribution < -0.4 is 20.3 Å². The molecule has 2 aliphatic rings. The van der Waals surface area contributed by atoms with Crippen LogP contribution in [0.3, 0.4) is 0 Å². The lowest BCUT2D eigenvalue weighted by molar-refractivity contribution is -0.126. The Morgan fingerprint density at radius 3 is 2.92 bits per heavy atom. The molecule has 0 aromatic heterocycles. The quantitative estimate of drug-likeness (QED) is 0.817. The van der Waals surface area contributed by atoms with E-state index in [9.17, 15) is 9.59 Å².